The summed E-state index contributed by atoms with van der Waals surface area (Å²) >= 11 is 0. The van der Waals surface area contributed by atoms with Crippen LogP contribution in [0.5, 0.6) is 11.6 Å². The van der Waals surface area contributed by atoms with Gasteiger partial charge in [0.05, 0.1) is 17.7 Å². The van der Waals surface area contributed by atoms with E-state index >= 15 is 8.78 Å². The molecule has 3 rings (SSSR count). The smallest absolute Gasteiger partial charge is 0.417 e. The van der Waals surface area contributed by atoms with Crippen molar-refractivity contribution in [3.8, 4) is 11.6 Å². The van der Waals surface area contributed by atoms with Crippen LogP contribution in [-0.2, 0) is 12.1 Å². The Hall–Kier alpha value is -3.90. The summed E-state index contributed by atoms with van der Waals surface area (Å²) < 4.78 is 101. The third kappa shape index (κ3) is 5.71. The summed E-state index contributed by atoms with van der Waals surface area (Å²) in [4.78, 5) is 7.18. The molecule has 0 aliphatic carbocycles. The highest BCUT2D eigenvalue weighted by molar-refractivity contribution is 5.53. The fourth-order valence-corrected chi connectivity index (χ4v) is 2.99. The molecule has 180 valence electrons. The van der Waals surface area contributed by atoms with Gasteiger partial charge in [-0.05, 0) is 29.8 Å². The standard InChI is InChI=1S/C21H16F7N5O/c22-13-2-4-15(17(23)7-13)16(10-30-11-33-29)20(24,25)18-5-3-14(9-31-18)34-19-6-1-12(8-32-19)21(26,27)28/h1-9,11,16H,10,29H2,(H,30,33). The van der Waals surface area contributed by atoms with Crippen LogP contribution in [-0.4, -0.2) is 22.9 Å². The molecule has 0 fully saturated rings. The Morgan fingerprint density at radius 1 is 1.00 bits per heavy atom. The number of hydrogen-bond donors (Lipinski definition) is 2. The molecule has 0 saturated heterocycles. The second-order valence-electron chi connectivity index (χ2n) is 6.89. The van der Waals surface area contributed by atoms with Crippen molar-refractivity contribution in [1.29, 1.82) is 0 Å². The number of hydrogen-bond acceptors (Lipinski definition) is 5. The largest absolute Gasteiger partial charge is 0.437 e. The highest BCUT2D eigenvalue weighted by Gasteiger charge is 2.44. The van der Waals surface area contributed by atoms with Crippen LogP contribution in [0, 0.1) is 11.6 Å². The minimum atomic E-state index is -4.58. The van der Waals surface area contributed by atoms with Gasteiger partial charge in [-0.15, -0.1) is 0 Å². The minimum absolute atomic E-state index is 0.0790. The zero-order valence-electron chi connectivity index (χ0n) is 17.0. The van der Waals surface area contributed by atoms with Crippen molar-refractivity contribution in [3.05, 3.63) is 83.3 Å². The van der Waals surface area contributed by atoms with Crippen LogP contribution in [0.3, 0.4) is 0 Å². The van der Waals surface area contributed by atoms with Gasteiger partial charge < -0.3 is 15.9 Å². The molecule has 0 radical (unpaired) electrons. The van der Waals surface area contributed by atoms with Gasteiger partial charge in [0, 0.05) is 24.9 Å². The molecule has 2 aromatic heterocycles. The first kappa shape index (κ1) is 24.7. The summed E-state index contributed by atoms with van der Waals surface area (Å²) in [7, 11) is 0. The Balaban J connectivity index is 1.84. The normalized spacial score (nSPS) is 13.1. The van der Waals surface area contributed by atoms with Crippen molar-refractivity contribution in [2.75, 3.05) is 6.54 Å². The minimum Gasteiger partial charge on any atom is -0.437 e. The molecule has 0 aliphatic rings. The molecule has 6 nitrogen and oxygen atoms in total. The first-order chi connectivity index (χ1) is 16.0. The lowest BCUT2D eigenvalue weighted by Gasteiger charge is -2.27. The number of rotatable bonds is 8. The molecular formula is C21H16F7N5O. The van der Waals surface area contributed by atoms with E-state index in [1.807, 2.05) is 0 Å². The summed E-state index contributed by atoms with van der Waals surface area (Å²) in [6, 6.07) is 5.95. The molecule has 3 N–H and O–H groups in total. The van der Waals surface area contributed by atoms with Gasteiger partial charge in [0.25, 0.3) is 5.92 Å². The van der Waals surface area contributed by atoms with Gasteiger partial charge in [-0.2, -0.15) is 27.1 Å². The number of aromatic nitrogens is 2. The monoisotopic (exact) mass is 487 g/mol. The van der Waals surface area contributed by atoms with E-state index in [2.05, 4.69) is 20.4 Å². The van der Waals surface area contributed by atoms with Crippen molar-refractivity contribution in [2.24, 2.45) is 10.9 Å². The predicted octanol–water partition coefficient (Wildman–Crippen LogP) is 4.93. The maximum absolute atomic E-state index is 15.3. The number of hydrazone groups is 1. The molecule has 13 heteroatoms. The SMILES string of the molecule is N/N=C\NCC(c1ccc(F)cc1F)C(F)(F)c1ccc(Oc2ccc(C(F)(F)F)cn2)cn1. The first-order valence-corrected chi connectivity index (χ1v) is 9.48. The fourth-order valence-electron chi connectivity index (χ4n) is 2.99. The lowest BCUT2D eigenvalue weighted by molar-refractivity contribution is -0.137. The Labute approximate surface area is 188 Å². The van der Waals surface area contributed by atoms with Crippen LogP contribution < -0.4 is 15.9 Å². The molecular weight excluding hydrogens is 471 g/mol. The Bertz CT molecular complexity index is 1140. The summed E-state index contributed by atoms with van der Waals surface area (Å²) in [5, 5.41) is 5.54. The van der Waals surface area contributed by atoms with E-state index < -0.39 is 53.0 Å². The molecule has 1 aromatic carbocycles. The van der Waals surface area contributed by atoms with Crippen molar-refractivity contribution in [1.82, 2.24) is 15.3 Å². The molecule has 0 aliphatic heterocycles. The molecule has 0 saturated carbocycles. The number of nitrogens with zero attached hydrogens (tertiary/aromatic N) is 3. The van der Waals surface area contributed by atoms with Gasteiger partial charge in [-0.3, -0.25) is 4.98 Å². The molecule has 1 unspecified atom stereocenters. The zero-order chi connectivity index (χ0) is 24.9. The summed E-state index contributed by atoms with van der Waals surface area (Å²) in [6.45, 7) is -0.522. The number of benzene rings is 1. The van der Waals surface area contributed by atoms with E-state index in [4.69, 9.17) is 10.6 Å². The number of nitrogens with two attached hydrogens (primary N) is 1. The van der Waals surface area contributed by atoms with Gasteiger partial charge in [0.1, 0.15) is 29.4 Å². The predicted molar refractivity (Wildman–Crippen MR) is 107 cm³/mol. The molecule has 3 aromatic rings. The van der Waals surface area contributed by atoms with Gasteiger partial charge in [0.2, 0.25) is 5.88 Å². The van der Waals surface area contributed by atoms with E-state index in [-0.39, 0.29) is 11.6 Å². The summed E-state index contributed by atoms with van der Waals surface area (Å²) in [5.74, 6) is -3.05. The number of halogens is 7. The Morgan fingerprint density at radius 3 is 2.32 bits per heavy atom. The highest BCUT2D eigenvalue weighted by Crippen LogP contribution is 2.42. The van der Waals surface area contributed by atoms with Crippen LogP contribution in [0.4, 0.5) is 30.7 Å². The van der Waals surface area contributed by atoms with Crippen molar-refractivity contribution in [3.63, 3.8) is 0 Å². The van der Waals surface area contributed by atoms with Crippen molar-refractivity contribution >= 4 is 6.34 Å². The van der Waals surface area contributed by atoms with Crippen LogP contribution in [0.2, 0.25) is 0 Å². The van der Waals surface area contributed by atoms with Gasteiger partial charge in [-0.25, -0.2) is 13.8 Å². The quantitative estimate of drug-likeness (QED) is 0.155. The van der Waals surface area contributed by atoms with Crippen molar-refractivity contribution < 1.29 is 35.5 Å². The van der Waals surface area contributed by atoms with Crippen LogP contribution in [0.25, 0.3) is 0 Å². The molecule has 0 amide bonds. The van der Waals surface area contributed by atoms with E-state index in [1.165, 1.54) is 0 Å². The number of nitrogens with one attached hydrogen (secondary N) is 1. The van der Waals surface area contributed by atoms with Crippen LogP contribution in [0.1, 0.15) is 22.7 Å². The molecule has 2 heterocycles. The average molecular weight is 487 g/mol. The number of pyridine rings is 2. The lowest BCUT2D eigenvalue weighted by atomic mass is 9.89. The van der Waals surface area contributed by atoms with Crippen LogP contribution in [0.15, 0.2) is 60.0 Å². The summed E-state index contributed by atoms with van der Waals surface area (Å²) in [5.41, 5.74) is -2.22. The fraction of sp³-hybridized carbons (Fsp3) is 0.190. The first-order valence-electron chi connectivity index (χ1n) is 9.48. The van der Waals surface area contributed by atoms with Gasteiger partial charge in [-0.1, -0.05) is 6.07 Å². The van der Waals surface area contributed by atoms with E-state index in [0.717, 1.165) is 48.9 Å². The Kier molecular flexibility index (Phi) is 7.23. The zero-order valence-corrected chi connectivity index (χ0v) is 17.0. The third-order valence-corrected chi connectivity index (χ3v) is 4.63. The molecule has 0 spiro atoms. The van der Waals surface area contributed by atoms with Crippen molar-refractivity contribution in [2.45, 2.75) is 18.0 Å². The molecule has 34 heavy (non-hydrogen) atoms. The Morgan fingerprint density at radius 2 is 1.76 bits per heavy atom. The maximum atomic E-state index is 15.3. The summed E-state index contributed by atoms with van der Waals surface area (Å²) in [6.07, 6.45) is -2.17. The average Bonchev–Trinajstić information content (AvgIpc) is 2.77. The van der Waals surface area contributed by atoms with Gasteiger partial charge in [0.15, 0.2) is 0 Å². The third-order valence-electron chi connectivity index (χ3n) is 4.63. The number of ether oxygens (including phenoxy) is 1. The molecule has 1 atom stereocenters. The van der Waals surface area contributed by atoms with E-state index in [9.17, 15) is 22.0 Å². The highest BCUT2D eigenvalue weighted by atomic mass is 19.4. The number of alkyl halides is 5. The van der Waals surface area contributed by atoms with Crippen LogP contribution >= 0.6 is 0 Å². The second-order valence-corrected chi connectivity index (χ2v) is 6.89. The van der Waals surface area contributed by atoms with Gasteiger partial charge >= 0.3 is 6.18 Å². The molecule has 0 bridgehead atoms. The van der Waals surface area contributed by atoms with E-state index in [0.29, 0.717) is 12.3 Å². The lowest BCUT2D eigenvalue weighted by Crippen LogP contribution is -2.34. The maximum Gasteiger partial charge on any atom is 0.417 e. The topological polar surface area (TPSA) is 85.4 Å². The van der Waals surface area contributed by atoms with E-state index in [1.54, 1.807) is 0 Å². The second kappa shape index (κ2) is 9.93.